The SMILES string of the molecule is FC(F)(F)c1cccc(OCC2CCN(c3ccnc(C4CC4)n3)CC2)n1. The van der Waals surface area contributed by atoms with E-state index in [-0.39, 0.29) is 5.88 Å². The fraction of sp³-hybridized carbons (Fsp3) is 0.526. The van der Waals surface area contributed by atoms with Crippen molar-refractivity contribution in [3.8, 4) is 5.88 Å². The number of hydrogen-bond acceptors (Lipinski definition) is 5. The highest BCUT2D eigenvalue weighted by Gasteiger charge is 2.33. The molecule has 0 atom stereocenters. The van der Waals surface area contributed by atoms with Crippen LogP contribution in [0.4, 0.5) is 19.0 Å². The quantitative estimate of drug-likeness (QED) is 0.785. The first-order valence-corrected chi connectivity index (χ1v) is 9.24. The van der Waals surface area contributed by atoms with Crippen molar-refractivity contribution in [2.45, 2.75) is 37.8 Å². The molecular formula is C19H21F3N4O. The molecule has 0 spiro atoms. The molecular weight excluding hydrogens is 357 g/mol. The Balaban J connectivity index is 1.29. The number of aromatic nitrogens is 3. The standard InChI is InChI=1S/C19H21F3N4O/c20-19(21,22)15-2-1-3-17(24-15)27-12-13-7-10-26(11-8-13)16-6-9-23-18(25-16)14-4-5-14/h1-3,6,9,13-14H,4-5,7-8,10-12H2. The minimum atomic E-state index is -4.46. The Bertz CT molecular complexity index is 787. The number of halogens is 3. The molecule has 1 saturated heterocycles. The Morgan fingerprint density at radius 2 is 1.81 bits per heavy atom. The van der Waals surface area contributed by atoms with Crippen LogP contribution in [-0.2, 0) is 6.18 Å². The molecule has 27 heavy (non-hydrogen) atoms. The summed E-state index contributed by atoms with van der Waals surface area (Å²) in [6.45, 7) is 2.08. The predicted molar refractivity (Wildman–Crippen MR) is 93.7 cm³/mol. The number of piperidine rings is 1. The van der Waals surface area contributed by atoms with Crippen LogP contribution in [0, 0.1) is 5.92 Å². The second-order valence-electron chi connectivity index (χ2n) is 7.15. The van der Waals surface area contributed by atoms with E-state index in [9.17, 15) is 13.2 Å². The lowest BCUT2D eigenvalue weighted by atomic mass is 9.98. The largest absolute Gasteiger partial charge is 0.477 e. The summed E-state index contributed by atoms with van der Waals surface area (Å²) >= 11 is 0. The molecule has 1 aliphatic carbocycles. The third-order valence-electron chi connectivity index (χ3n) is 5.02. The van der Waals surface area contributed by atoms with E-state index in [1.807, 2.05) is 12.3 Å². The van der Waals surface area contributed by atoms with Crippen molar-refractivity contribution in [1.82, 2.24) is 15.0 Å². The molecule has 2 fully saturated rings. The molecule has 2 aromatic rings. The number of anilines is 1. The van der Waals surface area contributed by atoms with Crippen LogP contribution in [0.15, 0.2) is 30.5 Å². The van der Waals surface area contributed by atoms with E-state index in [0.29, 0.717) is 18.4 Å². The van der Waals surface area contributed by atoms with Crippen LogP contribution in [0.5, 0.6) is 5.88 Å². The summed E-state index contributed by atoms with van der Waals surface area (Å²) in [7, 11) is 0. The number of alkyl halides is 3. The van der Waals surface area contributed by atoms with Gasteiger partial charge in [0.15, 0.2) is 0 Å². The van der Waals surface area contributed by atoms with Gasteiger partial charge in [0, 0.05) is 31.3 Å². The Morgan fingerprint density at radius 1 is 1.04 bits per heavy atom. The van der Waals surface area contributed by atoms with Gasteiger partial charge in [-0.05, 0) is 43.7 Å². The molecule has 3 heterocycles. The fourth-order valence-electron chi connectivity index (χ4n) is 3.26. The van der Waals surface area contributed by atoms with Crippen LogP contribution in [0.25, 0.3) is 0 Å². The lowest BCUT2D eigenvalue weighted by molar-refractivity contribution is -0.141. The van der Waals surface area contributed by atoms with Gasteiger partial charge >= 0.3 is 6.18 Å². The van der Waals surface area contributed by atoms with Gasteiger partial charge in [-0.15, -0.1) is 0 Å². The predicted octanol–water partition coefficient (Wildman–Crippen LogP) is 4.06. The molecule has 0 unspecified atom stereocenters. The first-order chi connectivity index (χ1) is 13.0. The van der Waals surface area contributed by atoms with Gasteiger partial charge in [-0.25, -0.2) is 15.0 Å². The lowest BCUT2D eigenvalue weighted by Gasteiger charge is -2.32. The highest BCUT2D eigenvalue weighted by molar-refractivity contribution is 5.38. The summed E-state index contributed by atoms with van der Waals surface area (Å²) < 4.78 is 43.7. The maximum atomic E-state index is 12.7. The number of rotatable bonds is 5. The summed E-state index contributed by atoms with van der Waals surface area (Å²) in [5.41, 5.74) is -0.926. The van der Waals surface area contributed by atoms with Crippen molar-refractivity contribution >= 4 is 5.82 Å². The Labute approximate surface area is 155 Å². The highest BCUT2D eigenvalue weighted by Crippen LogP contribution is 2.38. The minimum absolute atomic E-state index is 0.0251. The van der Waals surface area contributed by atoms with E-state index >= 15 is 0 Å². The van der Waals surface area contributed by atoms with Crippen molar-refractivity contribution in [2.24, 2.45) is 5.92 Å². The average molecular weight is 378 g/mol. The zero-order chi connectivity index (χ0) is 18.9. The van der Waals surface area contributed by atoms with E-state index in [0.717, 1.165) is 43.6 Å². The third kappa shape index (κ3) is 4.48. The van der Waals surface area contributed by atoms with E-state index in [1.165, 1.54) is 25.0 Å². The van der Waals surface area contributed by atoms with Crippen molar-refractivity contribution in [1.29, 1.82) is 0 Å². The summed E-state index contributed by atoms with van der Waals surface area (Å²) in [6.07, 6.45) is 1.52. The zero-order valence-electron chi connectivity index (χ0n) is 14.8. The second-order valence-corrected chi connectivity index (χ2v) is 7.15. The van der Waals surface area contributed by atoms with Crippen molar-refractivity contribution in [3.05, 3.63) is 42.0 Å². The highest BCUT2D eigenvalue weighted by atomic mass is 19.4. The smallest absolute Gasteiger partial charge is 0.433 e. The van der Waals surface area contributed by atoms with Gasteiger partial charge in [0.2, 0.25) is 5.88 Å². The molecule has 1 aliphatic heterocycles. The summed E-state index contributed by atoms with van der Waals surface area (Å²) in [5, 5.41) is 0. The maximum absolute atomic E-state index is 12.7. The maximum Gasteiger partial charge on any atom is 0.433 e. The molecule has 8 heteroatoms. The van der Waals surface area contributed by atoms with Crippen molar-refractivity contribution in [3.63, 3.8) is 0 Å². The van der Waals surface area contributed by atoms with Crippen LogP contribution >= 0.6 is 0 Å². The van der Waals surface area contributed by atoms with Crippen molar-refractivity contribution in [2.75, 3.05) is 24.6 Å². The number of hydrogen-bond donors (Lipinski definition) is 0. The van der Waals surface area contributed by atoms with Gasteiger partial charge in [-0.1, -0.05) is 6.07 Å². The van der Waals surface area contributed by atoms with E-state index in [1.54, 1.807) is 0 Å². The Morgan fingerprint density at radius 3 is 2.52 bits per heavy atom. The topological polar surface area (TPSA) is 51.1 Å². The average Bonchev–Trinajstić information content (AvgIpc) is 3.52. The number of ether oxygens (including phenoxy) is 1. The normalized spacial score (nSPS) is 18.6. The van der Waals surface area contributed by atoms with Gasteiger partial charge in [-0.3, -0.25) is 0 Å². The van der Waals surface area contributed by atoms with E-state index in [4.69, 9.17) is 4.74 Å². The van der Waals surface area contributed by atoms with Gasteiger partial charge < -0.3 is 9.64 Å². The molecule has 5 nitrogen and oxygen atoms in total. The number of pyridine rings is 1. The van der Waals surface area contributed by atoms with Crippen LogP contribution in [-0.4, -0.2) is 34.6 Å². The van der Waals surface area contributed by atoms with Gasteiger partial charge in [0.05, 0.1) is 6.61 Å². The Kier molecular flexibility index (Phi) is 4.88. The van der Waals surface area contributed by atoms with Crippen LogP contribution in [0.3, 0.4) is 0 Å². The molecule has 4 rings (SSSR count). The van der Waals surface area contributed by atoms with Gasteiger partial charge in [0.25, 0.3) is 0 Å². The van der Waals surface area contributed by atoms with Crippen LogP contribution in [0.2, 0.25) is 0 Å². The Hall–Kier alpha value is -2.38. The first kappa shape index (κ1) is 18.0. The molecule has 0 aromatic carbocycles. The van der Waals surface area contributed by atoms with E-state index < -0.39 is 11.9 Å². The van der Waals surface area contributed by atoms with Crippen molar-refractivity contribution < 1.29 is 17.9 Å². The lowest BCUT2D eigenvalue weighted by Crippen LogP contribution is -2.36. The molecule has 144 valence electrons. The molecule has 0 radical (unpaired) electrons. The number of nitrogens with zero attached hydrogens (tertiary/aromatic N) is 4. The third-order valence-corrected chi connectivity index (χ3v) is 5.02. The fourth-order valence-corrected chi connectivity index (χ4v) is 3.26. The monoisotopic (exact) mass is 378 g/mol. The second kappa shape index (κ2) is 7.32. The van der Waals surface area contributed by atoms with Crippen LogP contribution in [0.1, 0.15) is 43.1 Å². The molecule has 1 saturated carbocycles. The summed E-state index contributed by atoms with van der Waals surface area (Å²) in [6, 6.07) is 5.67. The van der Waals surface area contributed by atoms with Gasteiger partial charge in [0.1, 0.15) is 17.3 Å². The summed E-state index contributed by atoms with van der Waals surface area (Å²) in [5.74, 6) is 2.75. The van der Waals surface area contributed by atoms with Crippen LogP contribution < -0.4 is 9.64 Å². The van der Waals surface area contributed by atoms with Gasteiger partial charge in [-0.2, -0.15) is 13.2 Å². The molecule has 2 aromatic heterocycles. The molecule has 2 aliphatic rings. The zero-order valence-corrected chi connectivity index (χ0v) is 14.8. The molecule has 0 amide bonds. The molecule has 0 N–H and O–H groups in total. The van der Waals surface area contributed by atoms with E-state index in [2.05, 4.69) is 19.9 Å². The first-order valence-electron chi connectivity index (χ1n) is 9.24. The minimum Gasteiger partial charge on any atom is -0.477 e. The summed E-state index contributed by atoms with van der Waals surface area (Å²) in [4.78, 5) is 14.8. The molecule has 0 bridgehead atoms.